The molecule has 5 rings (SSSR count). The van der Waals surface area contributed by atoms with Crippen LogP contribution >= 0.6 is 0 Å². The molecule has 0 N–H and O–H groups in total. The number of anilines is 3. The molecule has 1 aliphatic rings. The zero-order valence-electron chi connectivity index (χ0n) is 16.9. The van der Waals surface area contributed by atoms with Crippen molar-refractivity contribution in [3.8, 4) is 0 Å². The van der Waals surface area contributed by atoms with Crippen molar-refractivity contribution >= 4 is 39.3 Å². The third-order valence-corrected chi connectivity index (χ3v) is 4.84. The van der Waals surface area contributed by atoms with Gasteiger partial charge in [-0.2, -0.15) is 0 Å². The number of rotatable bonds is 1. The Balaban J connectivity index is 1.82. The molecule has 0 aliphatic carbocycles. The Bertz CT molecular complexity index is 1220. The van der Waals surface area contributed by atoms with Crippen molar-refractivity contribution < 1.29 is 8.53 Å². The van der Waals surface area contributed by atoms with Crippen molar-refractivity contribution in [1.29, 1.82) is 0 Å². The molecule has 0 fully saturated rings. The van der Waals surface area contributed by atoms with E-state index in [4.69, 9.17) is 8.53 Å². The van der Waals surface area contributed by atoms with Crippen molar-refractivity contribution in [3.63, 3.8) is 0 Å². The van der Waals surface area contributed by atoms with Crippen molar-refractivity contribution in [3.05, 3.63) is 54.4 Å². The minimum atomic E-state index is -2.29. The summed E-state index contributed by atoms with van der Waals surface area (Å²) in [4.78, 5) is 12.2. The first-order valence-electron chi connectivity index (χ1n) is 9.68. The largest absolute Gasteiger partial charge is 0.435 e. The van der Waals surface area contributed by atoms with Gasteiger partial charge in [0.05, 0.1) is 11.4 Å². The fourth-order valence-corrected chi connectivity index (χ4v) is 3.61. The second-order valence-electron chi connectivity index (χ2n) is 6.28. The van der Waals surface area contributed by atoms with Gasteiger partial charge >= 0.3 is 0 Å². The molecule has 0 saturated heterocycles. The summed E-state index contributed by atoms with van der Waals surface area (Å²) in [6, 6.07) is 11.4. The predicted molar refractivity (Wildman–Crippen MR) is 100 cm³/mol. The molecule has 1 atom stereocenters. The fraction of sp³-hybridized carbons (Fsp3) is 0.200. The second-order valence-corrected chi connectivity index (χ2v) is 6.28. The van der Waals surface area contributed by atoms with Gasteiger partial charge in [-0.1, -0.05) is 12.1 Å². The molecule has 0 unspecified atom stereocenters. The highest BCUT2D eigenvalue weighted by atomic mass is 16.3. The Kier molecular flexibility index (Phi) is 2.27. The lowest BCUT2D eigenvalue weighted by Crippen LogP contribution is -2.36. The summed E-state index contributed by atoms with van der Waals surface area (Å²) in [5, 5.41) is 1.88. The van der Waals surface area contributed by atoms with Crippen LogP contribution in [0.2, 0.25) is 0 Å². The molecule has 0 spiro atoms. The zero-order chi connectivity index (χ0) is 19.6. The Hall–Kier alpha value is -3.08. The van der Waals surface area contributed by atoms with Crippen LogP contribution in [-0.4, -0.2) is 23.1 Å². The maximum Gasteiger partial charge on any atom is 0.227 e. The number of pyridine rings is 2. The van der Waals surface area contributed by atoms with Gasteiger partial charge in [-0.15, -0.1) is 0 Å². The van der Waals surface area contributed by atoms with Gasteiger partial charge in [-0.05, 0) is 43.7 Å². The van der Waals surface area contributed by atoms with Crippen LogP contribution in [0.4, 0.5) is 17.2 Å². The maximum atomic E-state index is 8.02. The molecule has 25 heavy (non-hydrogen) atoms. The van der Waals surface area contributed by atoms with Gasteiger partial charge in [0.2, 0.25) is 5.71 Å². The lowest BCUT2D eigenvalue weighted by Gasteiger charge is -2.28. The predicted octanol–water partition coefficient (Wildman–Crippen LogP) is 4.62. The Labute approximate surface area is 149 Å². The summed E-state index contributed by atoms with van der Waals surface area (Å²) in [7, 11) is 0. The summed E-state index contributed by atoms with van der Waals surface area (Å²) >= 11 is 0. The summed E-state index contributed by atoms with van der Waals surface area (Å²) in [6.07, 6.45) is 2.92. The molecule has 5 heteroatoms. The van der Waals surface area contributed by atoms with E-state index in [2.05, 4.69) is 9.97 Å². The van der Waals surface area contributed by atoms with Crippen LogP contribution in [0.3, 0.4) is 0 Å². The van der Waals surface area contributed by atoms with Gasteiger partial charge in [0.1, 0.15) is 6.17 Å². The SMILES string of the molecule is [2H]C([2H])([2H])N1c2cccnc2N(c2c(C)ccc3c2oc2ncccc23)[C@H]1C. The van der Waals surface area contributed by atoms with E-state index in [1.165, 1.54) is 4.90 Å². The number of hydrogen-bond donors (Lipinski definition) is 0. The van der Waals surface area contributed by atoms with Crippen molar-refractivity contribution in [1.82, 2.24) is 9.97 Å². The van der Waals surface area contributed by atoms with Crippen LogP contribution in [0.5, 0.6) is 0 Å². The summed E-state index contributed by atoms with van der Waals surface area (Å²) < 4.78 is 30.2. The second kappa shape index (κ2) is 4.96. The van der Waals surface area contributed by atoms with Gasteiger partial charge in [0.25, 0.3) is 0 Å². The van der Waals surface area contributed by atoms with E-state index in [9.17, 15) is 0 Å². The lowest BCUT2D eigenvalue weighted by atomic mass is 10.1. The van der Waals surface area contributed by atoms with Gasteiger partial charge in [0.15, 0.2) is 11.4 Å². The maximum absolute atomic E-state index is 8.02. The molecule has 0 amide bonds. The van der Waals surface area contributed by atoms with Crippen LogP contribution in [0.1, 0.15) is 16.6 Å². The lowest BCUT2D eigenvalue weighted by molar-refractivity contribution is 0.648. The van der Waals surface area contributed by atoms with Gasteiger partial charge in [-0.3, -0.25) is 0 Å². The average Bonchev–Trinajstić information content (AvgIpc) is 3.16. The standard InChI is InChI=1S/C20H18N4O/c1-12-8-9-14-15-6-4-11-22-20(15)25-18(14)17(12)24-13(2)23(3)16-7-5-10-21-19(16)24/h4-11,13H,1-3H3/t13-/m0/s1/i3D3. The number of fused-ring (bicyclic) bond motifs is 4. The summed E-state index contributed by atoms with van der Waals surface area (Å²) in [6.45, 7) is 1.57. The molecule has 5 nitrogen and oxygen atoms in total. The normalized spacial score (nSPS) is 19.1. The molecule has 124 valence electrons. The Morgan fingerprint density at radius 1 is 1.08 bits per heavy atom. The Morgan fingerprint density at radius 3 is 2.80 bits per heavy atom. The van der Waals surface area contributed by atoms with E-state index in [0.717, 1.165) is 22.0 Å². The first-order chi connectivity index (χ1) is 13.4. The number of aryl methyl sites for hydroxylation is 1. The summed E-state index contributed by atoms with van der Waals surface area (Å²) in [5.74, 6) is 0.607. The highest BCUT2D eigenvalue weighted by molar-refractivity contribution is 6.09. The highest BCUT2D eigenvalue weighted by Gasteiger charge is 2.35. The van der Waals surface area contributed by atoms with Crippen LogP contribution in [0.15, 0.2) is 53.2 Å². The van der Waals surface area contributed by atoms with Gasteiger partial charge in [0, 0.05) is 34.3 Å². The molecule has 4 heterocycles. The number of hydrogen-bond acceptors (Lipinski definition) is 5. The molecule has 3 aromatic heterocycles. The summed E-state index contributed by atoms with van der Waals surface area (Å²) in [5.41, 5.74) is 3.62. The Morgan fingerprint density at radius 2 is 1.92 bits per heavy atom. The van der Waals surface area contributed by atoms with Gasteiger partial charge in [-0.25, -0.2) is 9.97 Å². The molecule has 1 aliphatic heterocycles. The number of nitrogens with zero attached hydrogens (tertiary/aromatic N) is 4. The van der Waals surface area contributed by atoms with Crippen molar-refractivity contribution in [2.75, 3.05) is 16.8 Å². The van der Waals surface area contributed by atoms with E-state index >= 15 is 0 Å². The topological polar surface area (TPSA) is 45.4 Å². The highest BCUT2D eigenvalue weighted by Crippen LogP contribution is 2.46. The fourth-order valence-electron chi connectivity index (χ4n) is 3.61. The molecular formula is C20H18N4O. The van der Waals surface area contributed by atoms with Gasteiger partial charge < -0.3 is 14.2 Å². The molecule has 0 radical (unpaired) electrons. The molecule has 0 saturated carbocycles. The molecule has 1 aromatic carbocycles. The number of aromatic nitrogens is 2. The molecule has 4 aromatic rings. The third kappa shape index (κ3) is 1.83. The smallest absolute Gasteiger partial charge is 0.227 e. The third-order valence-electron chi connectivity index (χ3n) is 4.84. The number of benzene rings is 1. The van der Waals surface area contributed by atoms with E-state index in [0.29, 0.717) is 22.8 Å². The van der Waals surface area contributed by atoms with E-state index in [-0.39, 0.29) is 0 Å². The minimum absolute atomic E-state index is 0.456. The number of furan rings is 1. The quantitative estimate of drug-likeness (QED) is 0.509. The van der Waals surface area contributed by atoms with E-state index < -0.39 is 13.1 Å². The van der Waals surface area contributed by atoms with Crippen LogP contribution < -0.4 is 9.80 Å². The van der Waals surface area contributed by atoms with E-state index in [1.54, 1.807) is 24.5 Å². The van der Waals surface area contributed by atoms with Crippen molar-refractivity contribution in [2.24, 2.45) is 0 Å². The molecule has 0 bridgehead atoms. The van der Waals surface area contributed by atoms with Crippen LogP contribution in [0.25, 0.3) is 22.1 Å². The monoisotopic (exact) mass is 333 g/mol. The van der Waals surface area contributed by atoms with Crippen LogP contribution in [-0.2, 0) is 0 Å². The zero-order valence-corrected chi connectivity index (χ0v) is 13.9. The molecular weight excluding hydrogens is 312 g/mol. The first kappa shape index (κ1) is 11.5. The first-order valence-corrected chi connectivity index (χ1v) is 8.18. The van der Waals surface area contributed by atoms with Crippen molar-refractivity contribution in [2.45, 2.75) is 20.0 Å². The minimum Gasteiger partial charge on any atom is -0.435 e. The van der Waals surface area contributed by atoms with E-state index in [1.807, 2.05) is 43.0 Å². The van der Waals surface area contributed by atoms with Crippen LogP contribution in [0, 0.1) is 6.92 Å². The average molecular weight is 333 g/mol.